The van der Waals surface area contributed by atoms with Crippen molar-refractivity contribution in [3.05, 3.63) is 90.0 Å². The lowest BCUT2D eigenvalue weighted by atomic mass is 10.1. The molecule has 1 aliphatic rings. The lowest BCUT2D eigenvalue weighted by molar-refractivity contribution is 0.0303. The number of rotatable bonds is 8. The Hall–Kier alpha value is -3.95. The zero-order valence-corrected chi connectivity index (χ0v) is 20.5. The van der Waals surface area contributed by atoms with Gasteiger partial charge in [0, 0.05) is 18.7 Å². The Bertz CT molecular complexity index is 1200. The fourth-order valence-corrected chi connectivity index (χ4v) is 3.81. The van der Waals surface area contributed by atoms with E-state index in [4.69, 9.17) is 26.4 Å². The first-order valence-corrected chi connectivity index (χ1v) is 12.0. The topological polar surface area (TPSA) is 89.1 Å². The molecule has 0 spiro atoms. The summed E-state index contributed by atoms with van der Waals surface area (Å²) in [7, 11) is 0. The lowest BCUT2D eigenvalue weighted by Gasteiger charge is -2.27. The van der Waals surface area contributed by atoms with Gasteiger partial charge in [0.25, 0.3) is 11.8 Å². The molecule has 1 saturated heterocycles. The molecular formula is C27H27N3O5S. The number of morpholine rings is 1. The number of carbonyl (C=O) groups excluding carboxylic acids is 2. The minimum absolute atomic E-state index is 0.0878. The van der Waals surface area contributed by atoms with Gasteiger partial charge in [-0.05, 0) is 54.7 Å². The molecule has 8 nitrogen and oxygen atoms in total. The third-order valence-corrected chi connectivity index (χ3v) is 5.60. The van der Waals surface area contributed by atoms with Crippen LogP contribution in [-0.2, 0) is 4.74 Å². The largest absolute Gasteiger partial charge is 0.490 e. The highest BCUT2D eigenvalue weighted by Crippen LogP contribution is 2.19. The van der Waals surface area contributed by atoms with E-state index in [1.807, 2.05) is 30.3 Å². The van der Waals surface area contributed by atoms with Gasteiger partial charge in [-0.1, -0.05) is 36.4 Å². The summed E-state index contributed by atoms with van der Waals surface area (Å²) in [6, 6.07) is 23.3. The molecule has 3 aromatic carbocycles. The Balaban J connectivity index is 1.30. The number of hydrogen-bond donors (Lipinski definition) is 2. The number of anilines is 1. The number of amides is 2. The van der Waals surface area contributed by atoms with E-state index >= 15 is 0 Å². The highest BCUT2D eigenvalue weighted by atomic mass is 32.1. The van der Waals surface area contributed by atoms with Gasteiger partial charge >= 0.3 is 0 Å². The van der Waals surface area contributed by atoms with Crippen LogP contribution in [-0.4, -0.2) is 61.3 Å². The van der Waals surface area contributed by atoms with Crippen LogP contribution < -0.4 is 20.1 Å². The normalized spacial score (nSPS) is 12.9. The summed E-state index contributed by atoms with van der Waals surface area (Å²) in [6.07, 6.45) is 0. The van der Waals surface area contributed by atoms with E-state index in [1.165, 1.54) is 0 Å². The lowest BCUT2D eigenvalue weighted by Crippen LogP contribution is -2.41. The second-order valence-electron chi connectivity index (χ2n) is 7.90. The SMILES string of the molecule is O=C(NC(=S)Nc1ccccc1C(=O)N1CCOCC1)c1cccc(OCCOc2ccccc2)c1. The summed E-state index contributed by atoms with van der Waals surface area (Å²) in [5.41, 5.74) is 1.39. The molecule has 36 heavy (non-hydrogen) atoms. The highest BCUT2D eigenvalue weighted by molar-refractivity contribution is 7.80. The van der Waals surface area contributed by atoms with Gasteiger partial charge in [-0.15, -0.1) is 0 Å². The first kappa shape index (κ1) is 25.2. The smallest absolute Gasteiger partial charge is 0.257 e. The molecule has 0 radical (unpaired) electrons. The third-order valence-electron chi connectivity index (χ3n) is 5.39. The number of para-hydroxylation sites is 2. The molecular weight excluding hydrogens is 478 g/mol. The van der Waals surface area contributed by atoms with Crippen LogP contribution >= 0.6 is 12.2 Å². The fraction of sp³-hybridized carbons (Fsp3) is 0.222. The van der Waals surface area contributed by atoms with Gasteiger partial charge < -0.3 is 24.4 Å². The molecule has 9 heteroatoms. The van der Waals surface area contributed by atoms with Crippen LogP contribution in [0.1, 0.15) is 20.7 Å². The maximum atomic E-state index is 12.9. The average Bonchev–Trinajstić information content (AvgIpc) is 2.92. The Labute approximate surface area is 215 Å². The van der Waals surface area contributed by atoms with Crippen molar-refractivity contribution in [2.24, 2.45) is 0 Å². The van der Waals surface area contributed by atoms with Crippen LogP contribution in [0.3, 0.4) is 0 Å². The first-order valence-electron chi connectivity index (χ1n) is 11.6. The number of benzene rings is 3. The molecule has 1 aliphatic heterocycles. The Kier molecular flexibility index (Phi) is 8.85. The summed E-state index contributed by atoms with van der Waals surface area (Å²) in [6.45, 7) is 2.79. The van der Waals surface area contributed by atoms with E-state index in [0.29, 0.717) is 62.1 Å². The monoisotopic (exact) mass is 505 g/mol. The minimum atomic E-state index is -0.393. The molecule has 2 amide bonds. The number of nitrogens with one attached hydrogen (secondary N) is 2. The molecule has 186 valence electrons. The summed E-state index contributed by atoms with van der Waals surface area (Å²) < 4.78 is 16.7. The third kappa shape index (κ3) is 7.03. The second-order valence-corrected chi connectivity index (χ2v) is 8.30. The molecule has 0 atom stereocenters. The van der Waals surface area contributed by atoms with Gasteiger partial charge in [0.2, 0.25) is 0 Å². The maximum absolute atomic E-state index is 12.9. The number of nitrogens with zero attached hydrogens (tertiary/aromatic N) is 1. The molecule has 2 N–H and O–H groups in total. The molecule has 1 heterocycles. The van der Waals surface area contributed by atoms with E-state index in [0.717, 1.165) is 5.75 Å². The van der Waals surface area contributed by atoms with Crippen molar-refractivity contribution in [3.63, 3.8) is 0 Å². The predicted octanol–water partition coefficient (Wildman–Crippen LogP) is 3.74. The van der Waals surface area contributed by atoms with E-state index in [2.05, 4.69) is 10.6 Å². The standard InChI is InChI=1S/C27H27N3O5S/c31-25(20-7-6-10-22(19-20)35-18-17-34-21-8-2-1-3-9-21)29-27(36)28-24-12-5-4-11-23(24)26(32)30-13-15-33-16-14-30/h1-12,19H,13-18H2,(H2,28,29,31,36). The van der Waals surface area contributed by atoms with Crippen molar-refractivity contribution < 1.29 is 23.8 Å². The van der Waals surface area contributed by atoms with Crippen LogP contribution in [0.5, 0.6) is 11.5 Å². The molecule has 0 unspecified atom stereocenters. The molecule has 1 fully saturated rings. The number of ether oxygens (including phenoxy) is 3. The number of thiocarbonyl (C=S) groups is 1. The van der Waals surface area contributed by atoms with E-state index in [-0.39, 0.29) is 11.0 Å². The highest BCUT2D eigenvalue weighted by Gasteiger charge is 2.21. The second kappa shape index (κ2) is 12.7. The number of hydrogen-bond acceptors (Lipinski definition) is 6. The van der Waals surface area contributed by atoms with E-state index < -0.39 is 5.91 Å². The van der Waals surface area contributed by atoms with Crippen molar-refractivity contribution in [2.75, 3.05) is 44.8 Å². The zero-order valence-electron chi connectivity index (χ0n) is 19.6. The van der Waals surface area contributed by atoms with Crippen LogP contribution in [0.4, 0.5) is 5.69 Å². The zero-order chi connectivity index (χ0) is 25.2. The number of carbonyl (C=O) groups is 2. The van der Waals surface area contributed by atoms with Gasteiger partial charge in [-0.3, -0.25) is 14.9 Å². The molecule has 0 aliphatic carbocycles. The Morgan fingerprint density at radius 3 is 2.31 bits per heavy atom. The van der Waals surface area contributed by atoms with Crippen molar-refractivity contribution in [3.8, 4) is 11.5 Å². The van der Waals surface area contributed by atoms with Gasteiger partial charge in [0.05, 0.1) is 24.5 Å². The van der Waals surface area contributed by atoms with Gasteiger partial charge in [-0.25, -0.2) is 0 Å². The average molecular weight is 506 g/mol. The predicted molar refractivity (Wildman–Crippen MR) is 141 cm³/mol. The summed E-state index contributed by atoms with van der Waals surface area (Å²) in [5, 5.41) is 5.73. The van der Waals surface area contributed by atoms with Crippen LogP contribution in [0, 0.1) is 0 Å². The Morgan fingerprint density at radius 1 is 0.861 bits per heavy atom. The van der Waals surface area contributed by atoms with Crippen molar-refractivity contribution in [1.82, 2.24) is 10.2 Å². The molecule has 0 aromatic heterocycles. The summed E-state index contributed by atoms with van der Waals surface area (Å²) in [5.74, 6) is 0.801. The van der Waals surface area contributed by atoms with Crippen LogP contribution in [0.2, 0.25) is 0 Å². The van der Waals surface area contributed by atoms with Crippen molar-refractivity contribution >= 4 is 34.8 Å². The molecule has 3 aromatic rings. The molecule has 0 bridgehead atoms. The van der Waals surface area contributed by atoms with Crippen molar-refractivity contribution in [1.29, 1.82) is 0 Å². The van der Waals surface area contributed by atoms with Gasteiger partial charge in [-0.2, -0.15) is 0 Å². The van der Waals surface area contributed by atoms with E-state index in [9.17, 15) is 9.59 Å². The maximum Gasteiger partial charge on any atom is 0.257 e. The quantitative estimate of drug-likeness (QED) is 0.356. The van der Waals surface area contributed by atoms with Crippen molar-refractivity contribution in [2.45, 2.75) is 0 Å². The minimum Gasteiger partial charge on any atom is -0.490 e. The van der Waals surface area contributed by atoms with Crippen LogP contribution in [0.25, 0.3) is 0 Å². The summed E-state index contributed by atoms with van der Waals surface area (Å²) in [4.78, 5) is 27.5. The van der Waals surface area contributed by atoms with E-state index in [1.54, 1.807) is 53.4 Å². The molecule has 0 saturated carbocycles. The fourth-order valence-electron chi connectivity index (χ4n) is 3.61. The molecule has 4 rings (SSSR count). The Morgan fingerprint density at radius 2 is 1.53 bits per heavy atom. The van der Waals surface area contributed by atoms with Gasteiger partial charge in [0.1, 0.15) is 24.7 Å². The van der Waals surface area contributed by atoms with Crippen LogP contribution in [0.15, 0.2) is 78.9 Å². The summed E-state index contributed by atoms with van der Waals surface area (Å²) >= 11 is 5.34. The van der Waals surface area contributed by atoms with Gasteiger partial charge in [0.15, 0.2) is 5.11 Å². The first-order chi connectivity index (χ1) is 17.6.